The molecule has 94 valence electrons. The van der Waals surface area contributed by atoms with Crippen LogP contribution in [0.25, 0.3) is 11.0 Å². The summed E-state index contributed by atoms with van der Waals surface area (Å²) in [5.41, 5.74) is 1.45. The Bertz CT molecular complexity index is 574. The molecule has 1 fully saturated rings. The number of carbonyl (C=O) groups is 1. The van der Waals surface area contributed by atoms with Gasteiger partial charge in [0.1, 0.15) is 11.8 Å². The first-order valence-electron chi connectivity index (χ1n) is 6.14. The summed E-state index contributed by atoms with van der Waals surface area (Å²) in [6.07, 6.45) is 3.82. The monoisotopic (exact) mass is 307 g/mol. The third-order valence-corrected chi connectivity index (χ3v) is 3.64. The van der Waals surface area contributed by atoms with Crippen LogP contribution in [0.1, 0.15) is 23.2 Å². The molecule has 1 aliphatic carbocycles. The summed E-state index contributed by atoms with van der Waals surface area (Å²) in [6, 6.07) is 8.09. The lowest BCUT2D eigenvalue weighted by molar-refractivity contribution is 0.0755. The van der Waals surface area contributed by atoms with E-state index < -0.39 is 0 Å². The Morgan fingerprint density at radius 3 is 2.89 bits per heavy atom. The normalized spacial score (nSPS) is 14.9. The molecule has 1 amide bonds. The van der Waals surface area contributed by atoms with Gasteiger partial charge in [0.2, 0.25) is 0 Å². The van der Waals surface area contributed by atoms with Crippen molar-refractivity contribution < 1.29 is 9.21 Å². The number of amides is 1. The number of para-hydroxylation sites is 1. The number of rotatable bonds is 4. The molecule has 0 spiro atoms. The molecule has 0 saturated heterocycles. The molecule has 18 heavy (non-hydrogen) atoms. The molecular weight excluding hydrogens is 294 g/mol. The average Bonchev–Trinajstić information content (AvgIpc) is 3.14. The predicted molar refractivity (Wildman–Crippen MR) is 74.1 cm³/mol. The maximum atomic E-state index is 12.5. The third kappa shape index (κ3) is 2.05. The van der Waals surface area contributed by atoms with Crippen molar-refractivity contribution in [2.75, 3.05) is 11.9 Å². The Labute approximate surface area is 114 Å². The molecular formula is C14H14BrNO2. The van der Waals surface area contributed by atoms with Crippen molar-refractivity contribution in [1.82, 2.24) is 4.90 Å². The minimum absolute atomic E-state index is 0.0851. The number of alkyl halides is 1. The average molecular weight is 308 g/mol. The summed E-state index contributed by atoms with van der Waals surface area (Å²) in [5, 5.41) is 1.72. The largest absolute Gasteiger partial charge is 0.463 e. The molecule has 3 nitrogen and oxygen atoms in total. The van der Waals surface area contributed by atoms with E-state index in [-0.39, 0.29) is 5.91 Å². The highest BCUT2D eigenvalue weighted by Crippen LogP contribution is 2.30. The molecule has 0 atom stereocenters. The molecule has 1 saturated carbocycles. The zero-order valence-corrected chi connectivity index (χ0v) is 11.5. The zero-order valence-electron chi connectivity index (χ0n) is 9.93. The molecule has 4 heteroatoms. The predicted octanol–water partition coefficient (Wildman–Crippen LogP) is 3.43. The van der Waals surface area contributed by atoms with Gasteiger partial charge in [0.15, 0.2) is 0 Å². The van der Waals surface area contributed by atoms with Crippen molar-refractivity contribution in [2.45, 2.75) is 18.9 Å². The van der Waals surface area contributed by atoms with Crippen molar-refractivity contribution in [3.8, 4) is 0 Å². The Hall–Kier alpha value is -1.29. The number of furan rings is 1. The minimum atomic E-state index is 0.0851. The van der Waals surface area contributed by atoms with Gasteiger partial charge in [-0.1, -0.05) is 34.1 Å². The lowest BCUT2D eigenvalue weighted by atomic mass is 10.1. The highest BCUT2D eigenvalue weighted by Gasteiger charge is 2.33. The molecule has 0 aliphatic heterocycles. The van der Waals surface area contributed by atoms with Crippen molar-refractivity contribution >= 4 is 32.8 Å². The van der Waals surface area contributed by atoms with Crippen LogP contribution in [0.5, 0.6) is 0 Å². The summed E-state index contributed by atoms with van der Waals surface area (Å²) in [4.78, 5) is 14.5. The van der Waals surface area contributed by atoms with Gasteiger partial charge in [-0.15, -0.1) is 0 Å². The van der Waals surface area contributed by atoms with Gasteiger partial charge in [-0.2, -0.15) is 0 Å². The number of halogens is 1. The molecule has 3 rings (SSSR count). The highest BCUT2D eigenvalue weighted by atomic mass is 79.9. The SMILES string of the molecule is O=C(c1coc2ccccc12)N(CCBr)C1CC1. The van der Waals surface area contributed by atoms with E-state index in [9.17, 15) is 4.79 Å². The number of hydrogen-bond acceptors (Lipinski definition) is 2. The third-order valence-electron chi connectivity index (χ3n) is 3.29. The molecule has 2 aromatic rings. The topological polar surface area (TPSA) is 33.5 Å². The molecule has 1 heterocycles. The Morgan fingerprint density at radius 1 is 1.39 bits per heavy atom. The molecule has 1 aliphatic rings. The molecule has 0 unspecified atom stereocenters. The van der Waals surface area contributed by atoms with Gasteiger partial charge in [0.25, 0.3) is 5.91 Å². The summed E-state index contributed by atoms with van der Waals surface area (Å²) < 4.78 is 5.44. The van der Waals surface area contributed by atoms with Crippen molar-refractivity contribution in [3.05, 3.63) is 36.1 Å². The van der Waals surface area contributed by atoms with Crippen LogP contribution >= 0.6 is 15.9 Å². The summed E-state index contributed by atoms with van der Waals surface area (Å²) in [5.74, 6) is 0.0851. The maximum Gasteiger partial charge on any atom is 0.258 e. The van der Waals surface area contributed by atoms with E-state index in [1.54, 1.807) is 6.26 Å². The highest BCUT2D eigenvalue weighted by molar-refractivity contribution is 9.09. The van der Waals surface area contributed by atoms with Crippen molar-refractivity contribution in [3.63, 3.8) is 0 Å². The van der Waals surface area contributed by atoms with Gasteiger partial charge in [0, 0.05) is 23.3 Å². The second-order valence-corrected chi connectivity index (χ2v) is 5.36. The van der Waals surface area contributed by atoms with Crippen LogP contribution in [-0.2, 0) is 0 Å². The fraction of sp³-hybridized carbons (Fsp3) is 0.357. The fourth-order valence-electron chi connectivity index (χ4n) is 2.23. The second kappa shape index (κ2) is 4.76. The lowest BCUT2D eigenvalue weighted by Gasteiger charge is -2.20. The van der Waals surface area contributed by atoms with Crippen LogP contribution in [0.3, 0.4) is 0 Å². The van der Waals surface area contributed by atoms with E-state index in [1.165, 1.54) is 0 Å². The van der Waals surface area contributed by atoms with Gasteiger partial charge in [-0.25, -0.2) is 0 Å². The lowest BCUT2D eigenvalue weighted by Crippen LogP contribution is -2.34. The Kier molecular flexibility index (Phi) is 3.12. The number of fused-ring (bicyclic) bond motifs is 1. The van der Waals surface area contributed by atoms with Crippen LogP contribution in [0.4, 0.5) is 0 Å². The zero-order chi connectivity index (χ0) is 12.5. The molecule has 0 bridgehead atoms. The number of nitrogens with zero attached hydrogens (tertiary/aromatic N) is 1. The van der Waals surface area contributed by atoms with Crippen LogP contribution in [0, 0.1) is 0 Å². The van der Waals surface area contributed by atoms with E-state index in [1.807, 2.05) is 29.2 Å². The van der Waals surface area contributed by atoms with E-state index in [2.05, 4.69) is 15.9 Å². The standard InChI is InChI=1S/C14H14BrNO2/c15-7-8-16(10-5-6-10)14(17)12-9-18-13-4-2-1-3-11(12)13/h1-4,9-10H,5-8H2. The van der Waals surface area contributed by atoms with Gasteiger partial charge < -0.3 is 9.32 Å². The summed E-state index contributed by atoms with van der Waals surface area (Å²) in [7, 11) is 0. The quantitative estimate of drug-likeness (QED) is 0.811. The fourth-order valence-corrected chi connectivity index (χ4v) is 2.61. The molecule has 1 aromatic carbocycles. The Balaban J connectivity index is 1.95. The van der Waals surface area contributed by atoms with E-state index in [0.29, 0.717) is 11.6 Å². The van der Waals surface area contributed by atoms with E-state index >= 15 is 0 Å². The molecule has 0 N–H and O–H groups in total. The summed E-state index contributed by atoms with van der Waals surface area (Å²) in [6.45, 7) is 0.753. The Morgan fingerprint density at radius 2 is 2.17 bits per heavy atom. The summed E-state index contributed by atoms with van der Waals surface area (Å²) >= 11 is 3.41. The molecule has 0 radical (unpaired) electrons. The van der Waals surface area contributed by atoms with Crippen molar-refractivity contribution in [1.29, 1.82) is 0 Å². The first kappa shape index (κ1) is 11.8. The molecule has 1 aromatic heterocycles. The van der Waals surface area contributed by atoms with Crippen LogP contribution in [0.2, 0.25) is 0 Å². The first-order valence-corrected chi connectivity index (χ1v) is 7.26. The first-order chi connectivity index (χ1) is 8.81. The minimum Gasteiger partial charge on any atom is -0.463 e. The van der Waals surface area contributed by atoms with Gasteiger partial charge in [-0.05, 0) is 18.9 Å². The van der Waals surface area contributed by atoms with E-state index in [0.717, 1.165) is 35.7 Å². The second-order valence-electron chi connectivity index (χ2n) is 4.56. The van der Waals surface area contributed by atoms with Gasteiger partial charge in [-0.3, -0.25) is 4.79 Å². The number of carbonyl (C=O) groups excluding carboxylic acids is 1. The van der Waals surface area contributed by atoms with Crippen LogP contribution < -0.4 is 0 Å². The number of benzene rings is 1. The van der Waals surface area contributed by atoms with Crippen LogP contribution in [0.15, 0.2) is 34.9 Å². The number of hydrogen-bond donors (Lipinski definition) is 0. The smallest absolute Gasteiger partial charge is 0.258 e. The van der Waals surface area contributed by atoms with Gasteiger partial charge in [0.05, 0.1) is 5.56 Å². The van der Waals surface area contributed by atoms with Crippen molar-refractivity contribution in [2.24, 2.45) is 0 Å². The van der Waals surface area contributed by atoms with E-state index in [4.69, 9.17) is 4.42 Å². The van der Waals surface area contributed by atoms with Gasteiger partial charge >= 0.3 is 0 Å². The maximum absolute atomic E-state index is 12.5. The van der Waals surface area contributed by atoms with Crippen LogP contribution in [-0.4, -0.2) is 28.7 Å².